The second kappa shape index (κ2) is 6.72. The van der Waals surface area contributed by atoms with Crippen molar-refractivity contribution in [2.75, 3.05) is 5.32 Å². The van der Waals surface area contributed by atoms with Crippen molar-refractivity contribution in [1.29, 1.82) is 0 Å². The number of nitrogens with one attached hydrogen (secondary N) is 1. The fourth-order valence-electron chi connectivity index (χ4n) is 1.48. The average Bonchev–Trinajstić information content (AvgIpc) is 2.43. The van der Waals surface area contributed by atoms with Crippen LogP contribution in [0, 0.1) is 0 Å². The molecule has 1 amide bonds. The van der Waals surface area contributed by atoms with E-state index in [1.54, 1.807) is 49.5 Å². The van der Waals surface area contributed by atoms with E-state index in [0.29, 0.717) is 16.6 Å². The lowest BCUT2D eigenvalue weighted by molar-refractivity contribution is -0.122. The Kier molecular flexibility index (Phi) is 4.98. The molecule has 1 atom stereocenters. The number of rotatable bonds is 4. The molecule has 0 unspecified atom stereocenters. The minimum atomic E-state index is -0.685. The first-order valence-electron chi connectivity index (χ1n) is 5.90. The maximum absolute atomic E-state index is 12.0. The monoisotopic (exact) mass is 354 g/mol. The molecule has 20 heavy (non-hydrogen) atoms. The van der Waals surface area contributed by atoms with Gasteiger partial charge in [0.2, 0.25) is 0 Å². The summed E-state index contributed by atoms with van der Waals surface area (Å²) in [6.45, 7) is 1.65. The fourth-order valence-corrected chi connectivity index (χ4v) is 2.20. The van der Waals surface area contributed by atoms with E-state index in [2.05, 4.69) is 26.2 Å². The number of pyridine rings is 1. The standard InChI is InChI=1S/C14H12BrClN2O2/c1-9(14(19)18-13-4-2-3-7-17-13)20-12-6-5-10(15)8-11(12)16/h2-9H,1H3,(H,17,18,19)/t9-/m1/s1. The Hall–Kier alpha value is -1.59. The molecule has 1 heterocycles. The second-order valence-corrected chi connectivity index (χ2v) is 5.36. The molecule has 0 aliphatic carbocycles. The van der Waals surface area contributed by atoms with Gasteiger partial charge < -0.3 is 10.1 Å². The van der Waals surface area contributed by atoms with Crippen molar-refractivity contribution in [2.24, 2.45) is 0 Å². The highest BCUT2D eigenvalue weighted by atomic mass is 79.9. The summed E-state index contributed by atoms with van der Waals surface area (Å²) in [6.07, 6.45) is 0.919. The zero-order valence-electron chi connectivity index (χ0n) is 10.6. The number of amides is 1. The van der Waals surface area contributed by atoms with Crippen LogP contribution in [0.3, 0.4) is 0 Å². The van der Waals surface area contributed by atoms with Crippen molar-refractivity contribution in [2.45, 2.75) is 13.0 Å². The molecule has 0 bridgehead atoms. The van der Waals surface area contributed by atoms with Gasteiger partial charge in [-0.25, -0.2) is 4.98 Å². The van der Waals surface area contributed by atoms with E-state index in [9.17, 15) is 4.79 Å². The SMILES string of the molecule is C[C@@H](Oc1ccc(Br)cc1Cl)C(=O)Nc1ccccn1. The van der Waals surface area contributed by atoms with Crippen molar-refractivity contribution in [3.05, 3.63) is 52.1 Å². The summed E-state index contributed by atoms with van der Waals surface area (Å²) < 4.78 is 6.39. The van der Waals surface area contributed by atoms with Gasteiger partial charge in [0, 0.05) is 10.7 Å². The normalized spacial score (nSPS) is 11.8. The molecule has 1 N–H and O–H groups in total. The third-order valence-electron chi connectivity index (χ3n) is 2.48. The Labute approximate surface area is 130 Å². The van der Waals surface area contributed by atoms with Gasteiger partial charge in [-0.05, 0) is 37.3 Å². The summed E-state index contributed by atoms with van der Waals surface area (Å²) in [6, 6.07) is 10.5. The van der Waals surface area contributed by atoms with Crippen molar-refractivity contribution in [3.63, 3.8) is 0 Å². The van der Waals surface area contributed by atoms with E-state index >= 15 is 0 Å². The smallest absolute Gasteiger partial charge is 0.266 e. The van der Waals surface area contributed by atoms with Gasteiger partial charge in [-0.2, -0.15) is 0 Å². The van der Waals surface area contributed by atoms with Gasteiger partial charge in [0.25, 0.3) is 5.91 Å². The topological polar surface area (TPSA) is 51.2 Å². The molecule has 0 saturated heterocycles. The van der Waals surface area contributed by atoms with E-state index in [1.807, 2.05) is 0 Å². The minimum Gasteiger partial charge on any atom is -0.479 e. The van der Waals surface area contributed by atoms with E-state index in [0.717, 1.165) is 4.47 Å². The summed E-state index contributed by atoms with van der Waals surface area (Å²) in [5.74, 6) is 0.649. The molecule has 0 aliphatic rings. The largest absolute Gasteiger partial charge is 0.479 e. The van der Waals surface area contributed by atoms with E-state index in [4.69, 9.17) is 16.3 Å². The molecular weight excluding hydrogens is 344 g/mol. The molecule has 0 radical (unpaired) electrons. The van der Waals surface area contributed by atoms with E-state index < -0.39 is 6.10 Å². The van der Waals surface area contributed by atoms with Crippen molar-refractivity contribution in [1.82, 2.24) is 4.98 Å². The lowest BCUT2D eigenvalue weighted by Crippen LogP contribution is -2.30. The molecule has 0 fully saturated rings. The predicted molar refractivity (Wildman–Crippen MR) is 82.1 cm³/mol. The Balaban J connectivity index is 2.00. The first-order chi connectivity index (χ1) is 9.56. The number of benzene rings is 1. The quantitative estimate of drug-likeness (QED) is 0.905. The molecule has 0 spiro atoms. The van der Waals surface area contributed by atoms with Crippen molar-refractivity contribution < 1.29 is 9.53 Å². The van der Waals surface area contributed by atoms with Crippen LogP contribution in [0.5, 0.6) is 5.75 Å². The third kappa shape index (κ3) is 3.95. The zero-order chi connectivity index (χ0) is 14.5. The Morgan fingerprint density at radius 3 is 2.85 bits per heavy atom. The Morgan fingerprint density at radius 1 is 1.40 bits per heavy atom. The zero-order valence-corrected chi connectivity index (χ0v) is 13.0. The van der Waals surface area contributed by atoms with Crippen LogP contribution in [0.2, 0.25) is 5.02 Å². The number of carbonyl (C=O) groups excluding carboxylic acids is 1. The lowest BCUT2D eigenvalue weighted by atomic mass is 10.3. The molecule has 0 saturated carbocycles. The third-order valence-corrected chi connectivity index (χ3v) is 3.27. The maximum Gasteiger partial charge on any atom is 0.266 e. The van der Waals surface area contributed by atoms with Crippen LogP contribution in [0.25, 0.3) is 0 Å². The molecular formula is C14H12BrClN2O2. The van der Waals surface area contributed by atoms with Crippen LogP contribution < -0.4 is 10.1 Å². The molecule has 2 aromatic rings. The average molecular weight is 356 g/mol. The minimum absolute atomic E-state index is 0.289. The molecule has 6 heteroatoms. The van der Waals surface area contributed by atoms with Crippen molar-refractivity contribution >= 4 is 39.3 Å². The van der Waals surface area contributed by atoms with Crippen LogP contribution in [-0.4, -0.2) is 17.0 Å². The molecule has 0 aliphatic heterocycles. The van der Waals surface area contributed by atoms with Crippen molar-refractivity contribution in [3.8, 4) is 5.75 Å². The van der Waals surface area contributed by atoms with Crippen LogP contribution in [-0.2, 0) is 4.79 Å². The number of ether oxygens (including phenoxy) is 1. The number of hydrogen-bond donors (Lipinski definition) is 1. The van der Waals surface area contributed by atoms with Crippen LogP contribution >= 0.6 is 27.5 Å². The van der Waals surface area contributed by atoms with Gasteiger partial charge in [0.05, 0.1) is 5.02 Å². The van der Waals surface area contributed by atoms with E-state index in [1.165, 1.54) is 0 Å². The number of hydrogen-bond acceptors (Lipinski definition) is 3. The Bertz CT molecular complexity index is 607. The first kappa shape index (κ1) is 14.8. The van der Waals surface area contributed by atoms with Gasteiger partial charge in [0.15, 0.2) is 6.10 Å². The number of anilines is 1. The highest BCUT2D eigenvalue weighted by molar-refractivity contribution is 9.10. The molecule has 2 rings (SSSR count). The summed E-state index contributed by atoms with van der Waals surface area (Å²) >= 11 is 9.35. The molecule has 4 nitrogen and oxygen atoms in total. The first-order valence-corrected chi connectivity index (χ1v) is 7.07. The van der Waals surface area contributed by atoms with Gasteiger partial charge in [-0.15, -0.1) is 0 Å². The van der Waals surface area contributed by atoms with Crippen LogP contribution in [0.4, 0.5) is 5.82 Å². The number of nitrogens with zero attached hydrogens (tertiary/aromatic N) is 1. The summed E-state index contributed by atoms with van der Waals surface area (Å²) in [4.78, 5) is 16.0. The van der Waals surface area contributed by atoms with E-state index in [-0.39, 0.29) is 5.91 Å². The highest BCUT2D eigenvalue weighted by Crippen LogP contribution is 2.28. The summed E-state index contributed by atoms with van der Waals surface area (Å²) in [7, 11) is 0. The van der Waals surface area contributed by atoms with Crippen LogP contribution in [0.1, 0.15) is 6.92 Å². The number of aromatic nitrogens is 1. The van der Waals surface area contributed by atoms with Gasteiger partial charge in [-0.3, -0.25) is 4.79 Å². The lowest BCUT2D eigenvalue weighted by Gasteiger charge is -2.15. The second-order valence-electron chi connectivity index (χ2n) is 4.04. The fraction of sp³-hybridized carbons (Fsp3) is 0.143. The molecule has 1 aromatic heterocycles. The number of halogens is 2. The van der Waals surface area contributed by atoms with Gasteiger partial charge in [0.1, 0.15) is 11.6 Å². The highest BCUT2D eigenvalue weighted by Gasteiger charge is 2.16. The maximum atomic E-state index is 12.0. The summed E-state index contributed by atoms with van der Waals surface area (Å²) in [5, 5.41) is 3.11. The number of carbonyl (C=O) groups is 1. The molecule has 1 aromatic carbocycles. The Morgan fingerprint density at radius 2 is 2.20 bits per heavy atom. The predicted octanol–water partition coefficient (Wildman–Crippen LogP) is 3.90. The molecule has 104 valence electrons. The van der Waals surface area contributed by atoms with Gasteiger partial charge in [-0.1, -0.05) is 33.6 Å². The van der Waals surface area contributed by atoms with Gasteiger partial charge >= 0.3 is 0 Å². The van der Waals surface area contributed by atoms with Crippen LogP contribution in [0.15, 0.2) is 47.1 Å². The summed E-state index contributed by atoms with van der Waals surface area (Å²) in [5.41, 5.74) is 0.